The Morgan fingerprint density at radius 2 is 1.77 bits per heavy atom. The quantitative estimate of drug-likeness (QED) is 0.651. The zero-order valence-corrected chi connectivity index (χ0v) is 8.33. The third kappa shape index (κ3) is 3.78. The van der Waals surface area contributed by atoms with Gasteiger partial charge < -0.3 is 4.74 Å². The molecule has 0 saturated heterocycles. The molecule has 0 aromatic heterocycles. The maximum Gasteiger partial charge on any atom is 0.410 e. The van der Waals surface area contributed by atoms with Gasteiger partial charge in [0.1, 0.15) is 6.04 Å². The first-order valence-corrected chi connectivity index (χ1v) is 4.05. The molecule has 75 valence electrons. The van der Waals surface area contributed by atoms with Gasteiger partial charge in [-0.3, -0.25) is 15.4 Å². The van der Waals surface area contributed by atoms with E-state index < -0.39 is 18.0 Å². The molecule has 1 N–H and O–H groups in total. The van der Waals surface area contributed by atoms with Gasteiger partial charge in [-0.05, 0) is 20.8 Å². The lowest BCUT2D eigenvalue weighted by Crippen LogP contribution is -2.41. The van der Waals surface area contributed by atoms with E-state index in [-0.39, 0.29) is 6.10 Å². The average molecular weight is 187 g/mol. The minimum Gasteiger partial charge on any atom is -0.447 e. The van der Waals surface area contributed by atoms with Gasteiger partial charge in [0.25, 0.3) is 5.91 Å². The van der Waals surface area contributed by atoms with Crippen molar-refractivity contribution >= 4 is 12.0 Å². The van der Waals surface area contributed by atoms with Gasteiger partial charge in [0.2, 0.25) is 0 Å². The van der Waals surface area contributed by atoms with Crippen LogP contribution < -0.4 is 5.73 Å². The normalized spacial score (nSPS) is 12.4. The molecule has 1 unspecified atom stereocenters. The molecule has 0 fully saturated rings. The predicted octanol–water partition coefficient (Wildman–Crippen LogP) is 0.661. The number of likely N-dealkylation sites (N-methyl/N-ethyl adjacent to an activating group) is 1. The van der Waals surface area contributed by atoms with Crippen molar-refractivity contribution in [3.05, 3.63) is 0 Å². The summed E-state index contributed by atoms with van der Waals surface area (Å²) in [7, 11) is 1.43. The SMILES string of the molecule is CC(C)OC(=O)N(C)C(C)C([NH])=O. The first-order valence-electron chi connectivity index (χ1n) is 4.05. The Labute approximate surface area is 77.8 Å². The van der Waals surface area contributed by atoms with Crippen molar-refractivity contribution in [3.8, 4) is 0 Å². The number of ether oxygens (including phenoxy) is 1. The number of nitrogens with zero attached hydrogens (tertiary/aromatic N) is 1. The van der Waals surface area contributed by atoms with Crippen molar-refractivity contribution in [1.82, 2.24) is 10.6 Å². The molecule has 0 aliphatic carbocycles. The first kappa shape index (κ1) is 11.7. The largest absolute Gasteiger partial charge is 0.447 e. The summed E-state index contributed by atoms with van der Waals surface area (Å²) in [5.41, 5.74) is 6.80. The summed E-state index contributed by atoms with van der Waals surface area (Å²) < 4.78 is 4.83. The monoisotopic (exact) mass is 187 g/mol. The van der Waals surface area contributed by atoms with Crippen molar-refractivity contribution in [3.63, 3.8) is 0 Å². The Kier molecular flexibility index (Phi) is 4.23. The molecule has 0 aliphatic rings. The molecule has 1 radical (unpaired) electrons. The van der Waals surface area contributed by atoms with E-state index in [1.807, 2.05) is 0 Å². The number of nitrogens with one attached hydrogen (secondary N) is 1. The third-order valence-electron chi connectivity index (χ3n) is 1.58. The predicted molar refractivity (Wildman–Crippen MR) is 46.9 cm³/mol. The van der Waals surface area contributed by atoms with Crippen LogP contribution in [0.5, 0.6) is 0 Å². The van der Waals surface area contributed by atoms with Crippen LogP contribution in [0.15, 0.2) is 0 Å². The van der Waals surface area contributed by atoms with Gasteiger partial charge in [0.05, 0.1) is 6.10 Å². The fourth-order valence-corrected chi connectivity index (χ4v) is 0.619. The molecule has 1 atom stereocenters. The molecule has 5 nitrogen and oxygen atoms in total. The molecule has 0 aromatic rings. The van der Waals surface area contributed by atoms with Gasteiger partial charge in [-0.2, -0.15) is 0 Å². The van der Waals surface area contributed by atoms with Crippen LogP contribution in [0.1, 0.15) is 20.8 Å². The van der Waals surface area contributed by atoms with E-state index in [1.165, 1.54) is 14.0 Å². The molecular weight excluding hydrogens is 172 g/mol. The molecule has 0 heterocycles. The highest BCUT2D eigenvalue weighted by atomic mass is 16.6. The number of rotatable bonds is 3. The van der Waals surface area contributed by atoms with E-state index >= 15 is 0 Å². The zero-order valence-electron chi connectivity index (χ0n) is 8.33. The Hall–Kier alpha value is -1.26. The van der Waals surface area contributed by atoms with Crippen LogP contribution >= 0.6 is 0 Å². The topological polar surface area (TPSA) is 70.4 Å². The van der Waals surface area contributed by atoms with Crippen LogP contribution in [-0.4, -0.2) is 36.1 Å². The van der Waals surface area contributed by atoms with Gasteiger partial charge in [0, 0.05) is 7.05 Å². The Morgan fingerprint density at radius 3 is 2.08 bits per heavy atom. The fourth-order valence-electron chi connectivity index (χ4n) is 0.619. The molecule has 13 heavy (non-hydrogen) atoms. The van der Waals surface area contributed by atoms with Crippen molar-refractivity contribution in [2.75, 3.05) is 7.05 Å². The second-order valence-electron chi connectivity index (χ2n) is 3.08. The molecule has 0 bridgehead atoms. The summed E-state index contributed by atoms with van der Waals surface area (Å²) in [5.74, 6) is -0.803. The standard InChI is InChI=1S/C8H15N2O3/c1-5(2)13-8(12)10(4)6(3)7(9)11/h5-6,9H,1-4H3. The van der Waals surface area contributed by atoms with Crippen LogP contribution in [0.4, 0.5) is 4.79 Å². The lowest BCUT2D eigenvalue weighted by atomic mass is 10.3. The molecule has 0 aliphatic heterocycles. The van der Waals surface area contributed by atoms with E-state index in [0.29, 0.717) is 0 Å². The van der Waals surface area contributed by atoms with Gasteiger partial charge >= 0.3 is 6.09 Å². The van der Waals surface area contributed by atoms with Crippen LogP contribution in [0.3, 0.4) is 0 Å². The number of hydrogen-bond donors (Lipinski definition) is 0. The second kappa shape index (κ2) is 4.69. The Balaban J connectivity index is 4.17. The van der Waals surface area contributed by atoms with E-state index in [4.69, 9.17) is 10.5 Å². The number of carbonyl (C=O) groups is 2. The molecule has 0 rings (SSSR count). The summed E-state index contributed by atoms with van der Waals surface area (Å²) in [6, 6.07) is -0.758. The van der Waals surface area contributed by atoms with E-state index in [9.17, 15) is 9.59 Å². The summed E-state index contributed by atoms with van der Waals surface area (Å²) in [6.07, 6.45) is -0.800. The lowest BCUT2D eigenvalue weighted by Gasteiger charge is -2.22. The van der Waals surface area contributed by atoms with Crippen LogP contribution in [-0.2, 0) is 9.53 Å². The second-order valence-corrected chi connectivity index (χ2v) is 3.08. The minimum atomic E-state index is -0.803. The summed E-state index contributed by atoms with van der Waals surface area (Å²) in [5, 5.41) is 0. The van der Waals surface area contributed by atoms with Gasteiger partial charge in [-0.15, -0.1) is 0 Å². The van der Waals surface area contributed by atoms with Crippen LogP contribution in [0, 0.1) is 0 Å². The van der Waals surface area contributed by atoms with Crippen LogP contribution in [0.2, 0.25) is 0 Å². The highest BCUT2D eigenvalue weighted by Crippen LogP contribution is 2.01. The highest BCUT2D eigenvalue weighted by Gasteiger charge is 2.22. The van der Waals surface area contributed by atoms with Crippen molar-refractivity contribution < 1.29 is 14.3 Å². The van der Waals surface area contributed by atoms with E-state index in [0.717, 1.165) is 4.90 Å². The van der Waals surface area contributed by atoms with Crippen molar-refractivity contribution in [2.45, 2.75) is 32.9 Å². The van der Waals surface area contributed by atoms with Gasteiger partial charge in [-0.25, -0.2) is 4.79 Å². The summed E-state index contributed by atoms with van der Waals surface area (Å²) >= 11 is 0. The molecule has 0 saturated carbocycles. The van der Waals surface area contributed by atoms with Crippen molar-refractivity contribution in [2.24, 2.45) is 0 Å². The zero-order chi connectivity index (χ0) is 10.6. The Bertz CT molecular complexity index is 204. The van der Waals surface area contributed by atoms with E-state index in [1.54, 1.807) is 13.8 Å². The fraction of sp³-hybridized carbons (Fsp3) is 0.750. The summed E-state index contributed by atoms with van der Waals surface area (Å²) in [4.78, 5) is 22.9. The molecular formula is C8H15N2O3. The number of hydrogen-bond acceptors (Lipinski definition) is 3. The number of amides is 2. The molecule has 5 heteroatoms. The molecule has 0 aromatic carbocycles. The van der Waals surface area contributed by atoms with Crippen LogP contribution in [0.25, 0.3) is 0 Å². The average Bonchev–Trinajstić information content (AvgIpc) is 2.00. The van der Waals surface area contributed by atoms with Gasteiger partial charge in [0.15, 0.2) is 0 Å². The highest BCUT2D eigenvalue weighted by molar-refractivity contribution is 5.83. The maximum absolute atomic E-state index is 11.2. The first-order chi connectivity index (χ1) is 5.86. The number of carbonyl (C=O) groups excluding carboxylic acids is 2. The lowest BCUT2D eigenvalue weighted by molar-refractivity contribution is -0.122. The van der Waals surface area contributed by atoms with Crippen molar-refractivity contribution in [1.29, 1.82) is 0 Å². The maximum atomic E-state index is 11.2. The van der Waals surface area contributed by atoms with E-state index in [2.05, 4.69) is 0 Å². The summed E-state index contributed by atoms with van der Waals surface area (Å²) in [6.45, 7) is 4.93. The smallest absolute Gasteiger partial charge is 0.410 e. The molecule has 0 spiro atoms. The van der Waals surface area contributed by atoms with Gasteiger partial charge in [-0.1, -0.05) is 0 Å². The molecule has 2 amide bonds. The third-order valence-corrected chi connectivity index (χ3v) is 1.58. The minimum absolute atomic E-state index is 0.219. The Morgan fingerprint density at radius 1 is 1.31 bits per heavy atom.